The van der Waals surface area contributed by atoms with Gasteiger partial charge in [-0.3, -0.25) is 44.6 Å². The predicted molar refractivity (Wildman–Crippen MR) is 418 cm³/mol. The van der Waals surface area contributed by atoms with Crippen molar-refractivity contribution in [2.45, 2.75) is 90.1 Å². The molecular formula is C79H95Cl5FN7O14. The van der Waals surface area contributed by atoms with Gasteiger partial charge in [-0.15, -0.1) is 0 Å². The Balaban J connectivity index is 0.000000209. The Morgan fingerprint density at radius 2 is 0.745 bits per heavy atom. The molecule has 12 rings (SSSR count). The molecule has 4 aliphatic heterocycles. The first-order valence-corrected chi connectivity index (χ1v) is 36.1. The number of nitro groups is 2. The number of hydrogen-bond donors (Lipinski definition) is 3. The van der Waals surface area contributed by atoms with Gasteiger partial charge in [0.15, 0.2) is 0 Å². The number of aliphatic carboxylic acids is 1. The zero-order chi connectivity index (χ0) is 76.0. The molecule has 8 aromatic rings. The van der Waals surface area contributed by atoms with Crippen LogP contribution in [0.1, 0.15) is 67.7 Å². The minimum Gasteiger partial charge on any atom is -0.492 e. The Labute approximate surface area is 645 Å². The zero-order valence-corrected chi connectivity index (χ0v) is 63.2. The number of para-hydroxylation sites is 4. The minimum absolute atomic E-state index is 0. The Hall–Kier alpha value is -8.39. The lowest BCUT2D eigenvalue weighted by molar-refractivity contribution is -0.384. The highest BCUT2D eigenvalue weighted by atomic mass is 35.5. The fourth-order valence-electron chi connectivity index (χ4n) is 11.7. The van der Waals surface area contributed by atoms with Crippen molar-refractivity contribution in [3.8, 4) is 40.2 Å². The van der Waals surface area contributed by atoms with Crippen LogP contribution in [-0.2, 0) is 4.79 Å². The van der Waals surface area contributed by atoms with E-state index >= 15 is 0 Å². The van der Waals surface area contributed by atoms with Crippen molar-refractivity contribution in [2.75, 3.05) is 111 Å². The van der Waals surface area contributed by atoms with Gasteiger partial charge in [-0.05, 0) is 125 Å². The van der Waals surface area contributed by atoms with Gasteiger partial charge in [-0.1, -0.05) is 138 Å². The first-order chi connectivity index (χ1) is 50.0. The summed E-state index contributed by atoms with van der Waals surface area (Å²) in [4.78, 5) is 38.1. The van der Waals surface area contributed by atoms with Gasteiger partial charge in [0, 0.05) is 135 Å². The largest absolute Gasteiger partial charge is 0.492 e. The van der Waals surface area contributed by atoms with Crippen molar-refractivity contribution < 1.29 is 62.4 Å². The number of anilines is 1. The summed E-state index contributed by atoms with van der Waals surface area (Å²) in [6, 6.07) is 57.6. The fraction of sp³-hybridized carbons (Fsp3) is 0.380. The van der Waals surface area contributed by atoms with E-state index in [4.69, 9.17) is 107 Å². The molecule has 0 radical (unpaired) electrons. The van der Waals surface area contributed by atoms with Gasteiger partial charge in [-0.25, -0.2) is 4.39 Å². The average molecular weight is 1560 g/mol. The number of carbonyl (C=O) groups is 1. The second kappa shape index (κ2) is 42.8. The number of nitrogens with two attached hydrogens (primary N) is 1. The number of rotatable bonds is 24. The van der Waals surface area contributed by atoms with E-state index < -0.39 is 27.2 Å². The van der Waals surface area contributed by atoms with E-state index in [1.165, 1.54) is 12.1 Å². The van der Waals surface area contributed by atoms with Crippen LogP contribution in [0.3, 0.4) is 0 Å². The molecule has 4 saturated heterocycles. The van der Waals surface area contributed by atoms with Crippen molar-refractivity contribution in [2.24, 2.45) is 0 Å². The van der Waals surface area contributed by atoms with Gasteiger partial charge in [0.2, 0.25) is 0 Å². The number of nitrogens with zero attached hydrogens (tertiary/aromatic N) is 6. The molecule has 0 amide bonds. The third-order valence-corrected chi connectivity index (χ3v) is 18.6. The molecule has 0 bridgehead atoms. The molecule has 8 aromatic carbocycles. The number of likely N-dealkylation sites (tertiary alicyclic amines) is 4. The molecule has 0 spiro atoms. The van der Waals surface area contributed by atoms with Crippen LogP contribution < -0.4 is 38.9 Å². The van der Waals surface area contributed by atoms with Crippen molar-refractivity contribution in [3.05, 3.63) is 245 Å². The zero-order valence-electron chi connectivity index (χ0n) is 59.4. The van der Waals surface area contributed by atoms with E-state index in [2.05, 4.69) is 33.4 Å². The Bertz CT molecular complexity index is 3880. The van der Waals surface area contributed by atoms with E-state index in [-0.39, 0.29) is 45.6 Å². The first-order valence-electron chi connectivity index (χ1n) is 34.2. The van der Waals surface area contributed by atoms with E-state index in [9.17, 15) is 29.7 Å². The van der Waals surface area contributed by atoms with Crippen molar-refractivity contribution >= 4 is 81.0 Å². The SMILES string of the molecule is C.CC(=O)O.CC1(O)CCN(CCOc2ccccc2)C1.CC1(Oc2ccc(Cl)c(Cl)c2)CCN(CCOc2ccccc2)C1.CC1(Oc2ccc(N)c(Cl)c2)CCN(CCOc2ccccc2)C1.CC1(Oc2ccc([N+](=O)[O-])c(Cl)c2)CCN(CCOc2ccccc2)C1.O=[N+]([O-])c1ccc(F)cc1Cl. The number of nitrogen functional groups attached to an aromatic ring is 1. The van der Waals surface area contributed by atoms with Crippen LogP contribution >= 0.6 is 58.0 Å². The Morgan fingerprint density at radius 1 is 0.443 bits per heavy atom. The monoisotopic (exact) mass is 1560 g/mol. The summed E-state index contributed by atoms with van der Waals surface area (Å²) in [6.45, 7) is 22.5. The number of aliphatic hydroxyl groups is 1. The Kier molecular flexibility index (Phi) is 35.0. The van der Waals surface area contributed by atoms with Gasteiger partial charge in [0.05, 0.1) is 36.2 Å². The minimum atomic E-state index is -0.833. The number of β-amino-alcohol motifs (C(OH)–C–C–N with tert-alkyl or cyclic N) is 1. The van der Waals surface area contributed by atoms with Crippen LogP contribution in [-0.4, -0.2) is 173 Å². The number of benzene rings is 8. The van der Waals surface area contributed by atoms with Gasteiger partial charge in [0.1, 0.15) is 99.3 Å². The van der Waals surface area contributed by atoms with Crippen LogP contribution in [0.15, 0.2) is 194 Å². The molecule has 4 N–H and O–H groups in total. The van der Waals surface area contributed by atoms with E-state index in [1.54, 1.807) is 30.3 Å². The molecule has 27 heteroatoms. The highest BCUT2D eigenvalue weighted by molar-refractivity contribution is 6.42. The van der Waals surface area contributed by atoms with Gasteiger partial charge >= 0.3 is 0 Å². The summed E-state index contributed by atoms with van der Waals surface area (Å²) in [5.41, 5.74) is 4.62. The van der Waals surface area contributed by atoms with Crippen LogP contribution in [0.5, 0.6) is 40.2 Å². The van der Waals surface area contributed by atoms with Gasteiger partial charge in [-0.2, -0.15) is 0 Å². The lowest BCUT2D eigenvalue weighted by atomic mass is 10.1. The summed E-state index contributed by atoms with van der Waals surface area (Å²) < 4.78 is 53.6. The molecule has 572 valence electrons. The predicted octanol–water partition coefficient (Wildman–Crippen LogP) is 17.6. The van der Waals surface area contributed by atoms with Crippen molar-refractivity contribution in [1.82, 2.24) is 19.6 Å². The number of halogens is 6. The number of carboxylic acids is 1. The smallest absolute Gasteiger partial charge is 0.300 e. The Morgan fingerprint density at radius 3 is 1.06 bits per heavy atom. The van der Waals surface area contributed by atoms with Crippen molar-refractivity contribution in [1.29, 1.82) is 0 Å². The maximum Gasteiger partial charge on any atom is 0.300 e. The molecule has 0 saturated carbocycles. The number of ether oxygens (including phenoxy) is 7. The van der Waals surface area contributed by atoms with E-state index in [0.717, 1.165) is 164 Å². The molecule has 4 heterocycles. The molecule has 4 fully saturated rings. The number of hydrogen-bond acceptors (Lipinski definition) is 18. The number of carboxylic acid groups (broad SMARTS) is 1. The van der Waals surface area contributed by atoms with E-state index in [0.29, 0.717) is 52.9 Å². The van der Waals surface area contributed by atoms with Crippen LogP contribution in [0.25, 0.3) is 0 Å². The summed E-state index contributed by atoms with van der Waals surface area (Å²) in [5.74, 6) is 4.25. The molecule has 4 atom stereocenters. The average Bonchev–Trinajstić information content (AvgIpc) is 1.66. The molecule has 106 heavy (non-hydrogen) atoms. The maximum absolute atomic E-state index is 12.3. The summed E-state index contributed by atoms with van der Waals surface area (Å²) in [5, 5.41) is 39.7. The highest BCUT2D eigenvalue weighted by Gasteiger charge is 2.38. The molecule has 4 aliphatic rings. The molecular weight excluding hydrogens is 1470 g/mol. The van der Waals surface area contributed by atoms with Crippen molar-refractivity contribution in [3.63, 3.8) is 0 Å². The van der Waals surface area contributed by atoms with Gasteiger partial charge in [0.25, 0.3) is 17.3 Å². The van der Waals surface area contributed by atoms with Gasteiger partial charge < -0.3 is 49.1 Å². The highest BCUT2D eigenvalue weighted by Crippen LogP contribution is 2.36. The molecule has 4 unspecified atom stereocenters. The van der Waals surface area contributed by atoms with Crippen LogP contribution in [0.4, 0.5) is 21.5 Å². The van der Waals surface area contributed by atoms with Crippen LogP contribution in [0.2, 0.25) is 25.1 Å². The molecule has 0 aromatic heterocycles. The normalized spacial score (nSPS) is 19.5. The summed E-state index contributed by atoms with van der Waals surface area (Å²) in [6.07, 6.45) is 3.67. The summed E-state index contributed by atoms with van der Waals surface area (Å²) in [7, 11) is 0. The lowest BCUT2D eigenvalue weighted by Crippen LogP contribution is -2.37. The standard InChI is InChI=1S/C19H21Cl2NO2.C19H21ClN2O4.C19H23ClN2O2.C13H19NO2.C6H3ClFNO2.C2H4O2.CH4/c1-19(24-16-7-8-17(20)18(21)13-16)9-10-22(14-19)11-12-23-15-5-3-2-4-6-15;1-19(26-16-7-8-18(22(23)24)17(20)13-16)9-10-21(14-19)11-12-25-15-5-3-2-4-6-15;1-19(24-16-7-8-18(21)17(20)13-16)9-10-22(14-19)11-12-23-15-5-3-2-4-6-15;1-13(15)7-8-14(11-13)9-10-16-12-5-3-2-4-6-12;7-5-3-4(8)1-2-6(5)9(10)11;1-2(3)4;/h2-8,13H,9-12,14H2,1H3;2-8,13H,9-12,14H2,1H3;2-8,13H,9-12,14,21H2,1H3;2-6,15H,7-11H2,1H3;1-3H;1H3,(H,3,4);1H4. The third kappa shape index (κ3) is 30.8. The number of nitro benzene ring substituents is 2. The quantitative estimate of drug-likeness (QED) is 0.0289. The first kappa shape index (κ1) is 86.5. The summed E-state index contributed by atoms with van der Waals surface area (Å²) >= 11 is 29.4. The third-order valence-electron chi connectivity index (χ3n) is 16.9. The lowest BCUT2D eigenvalue weighted by Gasteiger charge is -2.26. The fourth-order valence-corrected chi connectivity index (χ4v) is 12.6. The molecule has 0 aliphatic carbocycles. The topological polar surface area (TPSA) is 247 Å². The van der Waals surface area contributed by atoms with Crippen LogP contribution in [0, 0.1) is 26.0 Å². The second-order valence-corrected chi connectivity index (χ2v) is 28.4. The maximum atomic E-state index is 12.3. The second-order valence-electron chi connectivity index (χ2n) is 26.4. The molecule has 21 nitrogen and oxygen atoms in total. The van der Waals surface area contributed by atoms with E-state index in [1.807, 2.05) is 147 Å².